The summed E-state index contributed by atoms with van der Waals surface area (Å²) in [5, 5.41) is 9.67. The predicted octanol–water partition coefficient (Wildman–Crippen LogP) is -0.0222. The maximum Gasteiger partial charge on any atom is 0.243 e. The fourth-order valence-electron chi connectivity index (χ4n) is 1.36. The summed E-state index contributed by atoms with van der Waals surface area (Å²) in [5.41, 5.74) is 5.39. The van der Waals surface area contributed by atoms with Gasteiger partial charge < -0.3 is 15.8 Å². The highest BCUT2D eigenvalue weighted by molar-refractivity contribution is 5.30. The molecule has 0 radical (unpaired) electrons. The molecule has 0 saturated carbocycles. The number of hydrogen-bond acceptors (Lipinski definition) is 5. The van der Waals surface area contributed by atoms with Gasteiger partial charge in [0.15, 0.2) is 0 Å². The minimum Gasteiger partial charge on any atom is -0.381 e. The number of aromatic amines is 1. The zero-order valence-electron chi connectivity index (χ0n) is 7.29. The second-order valence-electron chi connectivity index (χ2n) is 3.08. The van der Waals surface area contributed by atoms with Crippen LogP contribution in [0.1, 0.15) is 12.8 Å². The average molecular weight is 183 g/mol. The Morgan fingerprint density at radius 3 is 2.85 bits per heavy atom. The summed E-state index contributed by atoms with van der Waals surface area (Å²) in [5.74, 6) is 0.916. The van der Waals surface area contributed by atoms with E-state index in [0.717, 1.165) is 26.1 Å². The van der Waals surface area contributed by atoms with E-state index in [-0.39, 0.29) is 0 Å². The zero-order chi connectivity index (χ0) is 9.10. The van der Waals surface area contributed by atoms with Crippen LogP contribution in [0.3, 0.4) is 0 Å². The molecule has 72 valence electrons. The van der Waals surface area contributed by atoms with Gasteiger partial charge in [0.05, 0.1) is 0 Å². The average Bonchev–Trinajstić information content (AvgIpc) is 2.53. The molecule has 0 spiro atoms. The van der Waals surface area contributed by atoms with Gasteiger partial charge in [-0.15, -0.1) is 5.10 Å². The fraction of sp³-hybridized carbons (Fsp3) is 0.714. The molecule has 0 bridgehead atoms. The van der Waals surface area contributed by atoms with Crippen molar-refractivity contribution in [3.8, 4) is 0 Å². The van der Waals surface area contributed by atoms with Gasteiger partial charge >= 0.3 is 0 Å². The molecule has 0 unspecified atom stereocenters. The van der Waals surface area contributed by atoms with Crippen LogP contribution in [0.15, 0.2) is 0 Å². The van der Waals surface area contributed by atoms with Crippen molar-refractivity contribution >= 4 is 11.9 Å². The van der Waals surface area contributed by atoms with Crippen molar-refractivity contribution in [1.82, 2.24) is 15.2 Å². The van der Waals surface area contributed by atoms with Crippen molar-refractivity contribution in [2.45, 2.75) is 18.9 Å². The first kappa shape index (κ1) is 8.31. The van der Waals surface area contributed by atoms with E-state index < -0.39 is 0 Å². The highest BCUT2D eigenvalue weighted by atomic mass is 16.5. The van der Waals surface area contributed by atoms with Gasteiger partial charge in [-0.1, -0.05) is 0 Å². The van der Waals surface area contributed by atoms with Crippen LogP contribution in [-0.2, 0) is 4.74 Å². The SMILES string of the molecule is Nc1nc(NC2CCOCC2)n[nH]1. The molecule has 6 nitrogen and oxygen atoms in total. The van der Waals surface area contributed by atoms with Gasteiger partial charge in [-0.3, -0.25) is 0 Å². The highest BCUT2D eigenvalue weighted by Gasteiger charge is 2.14. The third-order valence-corrected chi connectivity index (χ3v) is 2.06. The lowest BCUT2D eigenvalue weighted by molar-refractivity contribution is 0.0903. The van der Waals surface area contributed by atoms with Crippen molar-refractivity contribution in [3.63, 3.8) is 0 Å². The van der Waals surface area contributed by atoms with E-state index in [2.05, 4.69) is 20.5 Å². The minimum atomic E-state index is 0.342. The number of nitrogen functional groups attached to an aromatic ring is 1. The third kappa shape index (κ3) is 2.09. The lowest BCUT2D eigenvalue weighted by atomic mass is 10.1. The van der Waals surface area contributed by atoms with Gasteiger partial charge in [0.1, 0.15) is 0 Å². The van der Waals surface area contributed by atoms with Gasteiger partial charge in [-0.2, -0.15) is 4.98 Å². The monoisotopic (exact) mass is 183 g/mol. The van der Waals surface area contributed by atoms with E-state index in [1.807, 2.05) is 0 Å². The normalized spacial score (nSPS) is 18.8. The third-order valence-electron chi connectivity index (χ3n) is 2.06. The van der Waals surface area contributed by atoms with E-state index >= 15 is 0 Å². The molecule has 0 aliphatic carbocycles. The number of anilines is 2. The molecule has 1 aromatic rings. The summed E-state index contributed by atoms with van der Waals surface area (Å²) in [6.07, 6.45) is 1.99. The first-order valence-corrected chi connectivity index (χ1v) is 4.37. The topological polar surface area (TPSA) is 88.8 Å². The molecule has 13 heavy (non-hydrogen) atoms. The number of hydrogen-bond donors (Lipinski definition) is 3. The van der Waals surface area contributed by atoms with Crippen LogP contribution in [0.25, 0.3) is 0 Å². The van der Waals surface area contributed by atoms with E-state index in [0.29, 0.717) is 17.9 Å². The maximum atomic E-state index is 5.39. The zero-order valence-corrected chi connectivity index (χ0v) is 7.29. The van der Waals surface area contributed by atoms with Crippen molar-refractivity contribution in [1.29, 1.82) is 0 Å². The number of H-pyrrole nitrogens is 1. The number of nitrogens with zero attached hydrogens (tertiary/aromatic N) is 2. The molecule has 2 heterocycles. The Hall–Kier alpha value is -1.30. The first-order chi connectivity index (χ1) is 6.34. The molecule has 0 aromatic carbocycles. The Labute approximate surface area is 75.9 Å². The van der Waals surface area contributed by atoms with Crippen LogP contribution in [-0.4, -0.2) is 34.4 Å². The van der Waals surface area contributed by atoms with Crippen LogP contribution in [0.2, 0.25) is 0 Å². The summed E-state index contributed by atoms with van der Waals surface area (Å²) in [7, 11) is 0. The van der Waals surface area contributed by atoms with Crippen LogP contribution >= 0.6 is 0 Å². The van der Waals surface area contributed by atoms with Gasteiger partial charge in [0, 0.05) is 19.3 Å². The quantitative estimate of drug-likeness (QED) is 0.599. The Balaban J connectivity index is 1.89. The predicted molar refractivity (Wildman–Crippen MR) is 48.3 cm³/mol. The molecular formula is C7H13N5O. The number of nitrogens with two attached hydrogens (primary N) is 1. The standard InChI is InChI=1S/C7H13N5O/c8-6-10-7(12-11-6)9-5-1-3-13-4-2-5/h5H,1-4H2,(H4,8,9,10,11,12). The molecule has 1 saturated heterocycles. The fourth-order valence-corrected chi connectivity index (χ4v) is 1.36. The Morgan fingerprint density at radius 2 is 2.23 bits per heavy atom. The largest absolute Gasteiger partial charge is 0.381 e. The van der Waals surface area contributed by atoms with Crippen molar-refractivity contribution in [2.24, 2.45) is 0 Å². The minimum absolute atomic E-state index is 0.342. The van der Waals surface area contributed by atoms with Crippen molar-refractivity contribution < 1.29 is 4.74 Å². The summed E-state index contributed by atoms with van der Waals surface area (Å²) in [6, 6.07) is 0.406. The molecular weight excluding hydrogens is 170 g/mol. The van der Waals surface area contributed by atoms with Gasteiger partial charge in [0.25, 0.3) is 0 Å². The van der Waals surface area contributed by atoms with Crippen molar-refractivity contribution in [3.05, 3.63) is 0 Å². The molecule has 1 aliphatic rings. The lowest BCUT2D eigenvalue weighted by Crippen LogP contribution is -2.28. The van der Waals surface area contributed by atoms with Crippen LogP contribution in [0.5, 0.6) is 0 Å². The molecule has 4 N–H and O–H groups in total. The lowest BCUT2D eigenvalue weighted by Gasteiger charge is -2.22. The van der Waals surface area contributed by atoms with Crippen molar-refractivity contribution in [2.75, 3.05) is 24.3 Å². The summed E-state index contributed by atoms with van der Waals surface area (Å²) >= 11 is 0. The van der Waals surface area contributed by atoms with Crippen LogP contribution in [0.4, 0.5) is 11.9 Å². The van der Waals surface area contributed by atoms with E-state index in [9.17, 15) is 0 Å². The molecule has 0 atom stereocenters. The number of rotatable bonds is 2. The van der Waals surface area contributed by atoms with Crippen LogP contribution in [0, 0.1) is 0 Å². The van der Waals surface area contributed by atoms with E-state index in [1.54, 1.807) is 0 Å². The molecule has 0 amide bonds. The molecule has 2 rings (SSSR count). The summed E-state index contributed by atoms with van der Waals surface area (Å²) in [4.78, 5) is 3.96. The van der Waals surface area contributed by atoms with Gasteiger partial charge in [0.2, 0.25) is 11.9 Å². The molecule has 1 aliphatic heterocycles. The smallest absolute Gasteiger partial charge is 0.243 e. The first-order valence-electron chi connectivity index (χ1n) is 4.37. The second-order valence-corrected chi connectivity index (χ2v) is 3.08. The van der Waals surface area contributed by atoms with E-state index in [4.69, 9.17) is 10.5 Å². The summed E-state index contributed by atoms with van der Waals surface area (Å²) < 4.78 is 5.23. The maximum absolute atomic E-state index is 5.39. The molecule has 6 heteroatoms. The number of nitrogens with one attached hydrogen (secondary N) is 2. The Kier molecular flexibility index (Phi) is 2.31. The van der Waals surface area contributed by atoms with E-state index in [1.165, 1.54) is 0 Å². The van der Waals surface area contributed by atoms with Crippen LogP contribution < -0.4 is 11.1 Å². The molecule has 1 fully saturated rings. The molecule has 1 aromatic heterocycles. The summed E-state index contributed by atoms with van der Waals surface area (Å²) in [6.45, 7) is 1.61. The number of aromatic nitrogens is 3. The number of ether oxygens (including phenoxy) is 1. The Morgan fingerprint density at radius 1 is 1.46 bits per heavy atom. The van der Waals surface area contributed by atoms with Gasteiger partial charge in [-0.25, -0.2) is 5.10 Å². The van der Waals surface area contributed by atoms with Gasteiger partial charge in [-0.05, 0) is 12.8 Å². The Bertz CT molecular complexity index is 268. The second kappa shape index (κ2) is 3.61. The highest BCUT2D eigenvalue weighted by Crippen LogP contribution is 2.11.